The Morgan fingerprint density at radius 2 is 1.92 bits per heavy atom. The van der Waals surface area contributed by atoms with Gasteiger partial charge in [-0.2, -0.15) is 8.78 Å². The van der Waals surface area contributed by atoms with E-state index in [1.54, 1.807) is 19.1 Å². The van der Waals surface area contributed by atoms with Crippen LogP contribution in [0, 0.1) is 0 Å². The van der Waals surface area contributed by atoms with E-state index in [-0.39, 0.29) is 36.2 Å². The molecule has 6 nitrogen and oxygen atoms in total. The Kier molecular flexibility index (Phi) is 4.87. The number of fused-ring (bicyclic) bond motifs is 1. The van der Waals surface area contributed by atoms with Crippen molar-refractivity contribution < 1.29 is 37.3 Å². The Hall–Kier alpha value is -3.03. The summed E-state index contributed by atoms with van der Waals surface area (Å²) in [5.74, 6) is 0.496. The highest BCUT2D eigenvalue weighted by Crippen LogP contribution is 2.35. The van der Waals surface area contributed by atoms with Crippen molar-refractivity contribution in [3.63, 3.8) is 0 Å². The highest BCUT2D eigenvalue weighted by Gasteiger charge is 2.18. The van der Waals surface area contributed by atoms with Gasteiger partial charge in [-0.25, -0.2) is 4.79 Å². The maximum absolute atomic E-state index is 12.4. The fourth-order valence-electron chi connectivity index (χ4n) is 2.20. The molecule has 2 aromatic carbocycles. The van der Waals surface area contributed by atoms with Crippen LogP contribution < -0.4 is 23.7 Å². The molecule has 0 radical (unpaired) electrons. The summed E-state index contributed by atoms with van der Waals surface area (Å²) in [5.41, 5.74) is 0.128. The van der Waals surface area contributed by atoms with Gasteiger partial charge in [0.25, 0.3) is 0 Å². The van der Waals surface area contributed by atoms with Crippen LogP contribution in [-0.2, 0) is 0 Å². The highest BCUT2D eigenvalue weighted by atomic mass is 19.3. The monoisotopic (exact) mass is 352 g/mol. The van der Waals surface area contributed by atoms with Crippen LogP contribution in [0.4, 0.5) is 8.78 Å². The van der Waals surface area contributed by atoms with E-state index >= 15 is 0 Å². The first-order chi connectivity index (χ1) is 12.1. The van der Waals surface area contributed by atoms with Gasteiger partial charge in [-0.15, -0.1) is 0 Å². The lowest BCUT2D eigenvalue weighted by molar-refractivity contribution is -0.0514. The van der Waals surface area contributed by atoms with Gasteiger partial charge in [-0.1, -0.05) is 0 Å². The molecule has 0 atom stereocenters. The average Bonchev–Trinajstić information content (AvgIpc) is 3.04. The molecule has 0 N–H and O–H groups in total. The normalized spacial score (nSPS) is 12.2. The fraction of sp³-hybridized carbons (Fsp3) is 0.235. The van der Waals surface area contributed by atoms with Gasteiger partial charge in [0.1, 0.15) is 5.75 Å². The Bertz CT molecular complexity index is 778. The number of ether oxygens (including phenoxy) is 5. The predicted octanol–water partition coefficient (Wildman–Crippen LogP) is 3.63. The Morgan fingerprint density at radius 3 is 2.68 bits per heavy atom. The van der Waals surface area contributed by atoms with Crippen molar-refractivity contribution in [1.82, 2.24) is 0 Å². The Morgan fingerprint density at radius 1 is 1.12 bits per heavy atom. The summed E-state index contributed by atoms with van der Waals surface area (Å²) in [6, 6.07) is 8.54. The van der Waals surface area contributed by atoms with Gasteiger partial charge in [0.15, 0.2) is 23.0 Å². The molecular weight excluding hydrogens is 338 g/mol. The van der Waals surface area contributed by atoms with Crippen LogP contribution in [0.1, 0.15) is 17.3 Å². The van der Waals surface area contributed by atoms with E-state index in [2.05, 4.69) is 4.74 Å². The number of esters is 1. The molecule has 0 aromatic heterocycles. The van der Waals surface area contributed by atoms with E-state index < -0.39 is 12.6 Å². The van der Waals surface area contributed by atoms with Crippen LogP contribution in [-0.4, -0.2) is 26.0 Å². The lowest BCUT2D eigenvalue weighted by Crippen LogP contribution is -2.10. The second-order valence-corrected chi connectivity index (χ2v) is 4.88. The first kappa shape index (κ1) is 16.8. The number of alkyl halides is 2. The van der Waals surface area contributed by atoms with E-state index in [0.29, 0.717) is 11.5 Å². The zero-order valence-corrected chi connectivity index (χ0v) is 13.2. The fourth-order valence-corrected chi connectivity index (χ4v) is 2.20. The number of hydrogen-bond donors (Lipinski definition) is 0. The van der Waals surface area contributed by atoms with Crippen molar-refractivity contribution in [3.8, 4) is 28.7 Å². The van der Waals surface area contributed by atoms with Crippen molar-refractivity contribution in [2.45, 2.75) is 13.5 Å². The molecule has 1 aliphatic rings. The standard InChI is InChI=1S/C17H14F2O6/c1-2-21-14-7-10(3-5-13(14)25-17(18)19)16(20)24-11-4-6-12-15(8-11)23-9-22-12/h3-8,17H,2,9H2,1H3. The zero-order valence-electron chi connectivity index (χ0n) is 13.2. The summed E-state index contributed by atoms with van der Waals surface area (Å²) in [6.07, 6.45) is 0. The number of carbonyl (C=O) groups excluding carboxylic acids is 1. The molecule has 0 fully saturated rings. The molecule has 132 valence electrons. The van der Waals surface area contributed by atoms with Crippen molar-refractivity contribution >= 4 is 5.97 Å². The summed E-state index contributed by atoms with van der Waals surface area (Å²) in [5, 5.41) is 0. The molecule has 0 bridgehead atoms. The third kappa shape index (κ3) is 3.90. The van der Waals surface area contributed by atoms with Gasteiger partial charge >= 0.3 is 12.6 Å². The minimum Gasteiger partial charge on any atom is -0.490 e. The number of hydrogen-bond acceptors (Lipinski definition) is 6. The van der Waals surface area contributed by atoms with E-state index in [4.69, 9.17) is 18.9 Å². The first-order valence-corrected chi connectivity index (χ1v) is 7.40. The van der Waals surface area contributed by atoms with Crippen LogP contribution in [0.2, 0.25) is 0 Å². The second kappa shape index (κ2) is 7.25. The van der Waals surface area contributed by atoms with Gasteiger partial charge in [-0.3, -0.25) is 0 Å². The molecule has 0 amide bonds. The summed E-state index contributed by atoms with van der Waals surface area (Å²) in [4.78, 5) is 12.3. The van der Waals surface area contributed by atoms with E-state index in [9.17, 15) is 13.6 Å². The molecule has 1 aliphatic heterocycles. The lowest BCUT2D eigenvalue weighted by Gasteiger charge is -2.12. The van der Waals surface area contributed by atoms with E-state index in [1.807, 2.05) is 0 Å². The molecule has 0 aliphatic carbocycles. The predicted molar refractivity (Wildman–Crippen MR) is 81.8 cm³/mol. The summed E-state index contributed by atoms with van der Waals surface area (Å²) in [6.45, 7) is -0.981. The van der Waals surface area contributed by atoms with Crippen molar-refractivity contribution in [1.29, 1.82) is 0 Å². The minimum absolute atomic E-state index is 0.0305. The van der Waals surface area contributed by atoms with Gasteiger partial charge in [0.05, 0.1) is 12.2 Å². The highest BCUT2D eigenvalue weighted by molar-refractivity contribution is 5.92. The molecule has 0 saturated carbocycles. The smallest absolute Gasteiger partial charge is 0.387 e. The van der Waals surface area contributed by atoms with Crippen LogP contribution >= 0.6 is 0 Å². The Labute approximate surface area is 141 Å². The van der Waals surface area contributed by atoms with Gasteiger partial charge < -0.3 is 23.7 Å². The number of benzene rings is 2. The minimum atomic E-state index is -2.99. The number of rotatable bonds is 6. The molecule has 1 heterocycles. The summed E-state index contributed by atoms with van der Waals surface area (Å²) < 4.78 is 50.1. The largest absolute Gasteiger partial charge is 0.490 e. The first-order valence-electron chi connectivity index (χ1n) is 7.40. The Balaban J connectivity index is 1.78. The maximum atomic E-state index is 12.4. The van der Waals surface area contributed by atoms with Crippen LogP contribution in [0.15, 0.2) is 36.4 Å². The van der Waals surface area contributed by atoms with Crippen molar-refractivity contribution in [2.75, 3.05) is 13.4 Å². The van der Waals surface area contributed by atoms with Crippen molar-refractivity contribution in [2.24, 2.45) is 0 Å². The summed E-state index contributed by atoms with van der Waals surface area (Å²) in [7, 11) is 0. The molecule has 3 rings (SSSR count). The number of halogens is 2. The van der Waals surface area contributed by atoms with Crippen LogP contribution in [0.3, 0.4) is 0 Å². The second-order valence-electron chi connectivity index (χ2n) is 4.88. The van der Waals surface area contributed by atoms with Crippen LogP contribution in [0.25, 0.3) is 0 Å². The average molecular weight is 352 g/mol. The van der Waals surface area contributed by atoms with E-state index in [1.165, 1.54) is 24.3 Å². The maximum Gasteiger partial charge on any atom is 0.387 e. The van der Waals surface area contributed by atoms with Crippen LogP contribution in [0.5, 0.6) is 28.7 Å². The van der Waals surface area contributed by atoms with Crippen molar-refractivity contribution in [3.05, 3.63) is 42.0 Å². The van der Waals surface area contributed by atoms with Gasteiger partial charge in [-0.05, 0) is 37.3 Å². The topological polar surface area (TPSA) is 63.2 Å². The van der Waals surface area contributed by atoms with Gasteiger partial charge in [0, 0.05) is 6.07 Å². The molecule has 8 heteroatoms. The quantitative estimate of drug-likeness (QED) is 0.584. The van der Waals surface area contributed by atoms with Gasteiger partial charge in [0.2, 0.25) is 6.79 Å². The zero-order chi connectivity index (χ0) is 17.8. The third-order valence-corrected chi connectivity index (χ3v) is 3.25. The molecule has 0 saturated heterocycles. The SMILES string of the molecule is CCOc1cc(C(=O)Oc2ccc3c(c2)OCO3)ccc1OC(F)F. The van der Waals surface area contributed by atoms with E-state index in [0.717, 1.165) is 0 Å². The molecular formula is C17H14F2O6. The molecule has 25 heavy (non-hydrogen) atoms. The molecule has 0 unspecified atom stereocenters. The number of carbonyl (C=O) groups is 1. The molecule has 2 aromatic rings. The third-order valence-electron chi connectivity index (χ3n) is 3.25. The summed E-state index contributed by atoms with van der Waals surface area (Å²) >= 11 is 0. The lowest BCUT2D eigenvalue weighted by atomic mass is 10.2. The molecule has 0 spiro atoms.